The Balaban J connectivity index is 1.49. The van der Waals surface area contributed by atoms with Crippen molar-refractivity contribution in [1.29, 1.82) is 0 Å². The van der Waals surface area contributed by atoms with Crippen LogP contribution in [0.2, 0.25) is 0 Å². The maximum atomic E-state index is 12.3. The van der Waals surface area contributed by atoms with E-state index in [1.807, 2.05) is 36.1 Å². The van der Waals surface area contributed by atoms with Crippen LogP contribution in [0.15, 0.2) is 24.3 Å². The second-order valence-electron chi connectivity index (χ2n) is 6.35. The van der Waals surface area contributed by atoms with E-state index in [4.69, 9.17) is 0 Å². The number of anilines is 2. The third kappa shape index (κ3) is 4.37. The number of rotatable bonds is 5. The molecule has 2 fully saturated rings. The summed E-state index contributed by atoms with van der Waals surface area (Å²) < 4.78 is 0. The van der Waals surface area contributed by atoms with Crippen LogP contribution in [0.25, 0.3) is 0 Å². The predicted molar refractivity (Wildman–Crippen MR) is 90.5 cm³/mol. The molecule has 1 aromatic rings. The fourth-order valence-corrected chi connectivity index (χ4v) is 2.75. The number of amides is 3. The molecule has 2 aliphatic rings. The largest absolute Gasteiger partial charge is 0.374 e. The Bertz CT molecular complexity index is 562. The highest BCUT2D eigenvalue weighted by atomic mass is 16.2. The lowest BCUT2D eigenvalue weighted by Gasteiger charge is -2.22. The van der Waals surface area contributed by atoms with Gasteiger partial charge < -0.3 is 20.9 Å². The van der Waals surface area contributed by atoms with Crippen LogP contribution >= 0.6 is 0 Å². The highest BCUT2D eigenvalue weighted by Gasteiger charge is 2.24. The van der Waals surface area contributed by atoms with Gasteiger partial charge in [0, 0.05) is 30.5 Å². The molecule has 1 aromatic carbocycles. The first-order valence-corrected chi connectivity index (χ1v) is 8.35. The fraction of sp³-hybridized carbons (Fsp3) is 0.529. The molecule has 3 rings (SSSR count). The predicted octanol–water partition coefficient (Wildman–Crippen LogP) is 2.39. The zero-order chi connectivity index (χ0) is 16.2. The van der Waals surface area contributed by atoms with Crippen molar-refractivity contribution in [2.75, 3.05) is 23.7 Å². The van der Waals surface area contributed by atoms with Gasteiger partial charge in [0.05, 0.1) is 0 Å². The number of carbonyl (C=O) groups excluding carboxylic acids is 2. The van der Waals surface area contributed by atoms with Gasteiger partial charge in [0.15, 0.2) is 0 Å². The molecule has 1 aliphatic carbocycles. The molecule has 0 aromatic heterocycles. The number of urea groups is 1. The highest BCUT2D eigenvalue weighted by molar-refractivity contribution is 5.90. The zero-order valence-electron chi connectivity index (χ0n) is 13.5. The molecule has 1 atom stereocenters. The SMILES string of the molecule is CC(Nc1ccc(NC(=O)NC2CC2)cc1)C(=O)N1CCCC1. The molecule has 124 valence electrons. The maximum Gasteiger partial charge on any atom is 0.319 e. The van der Waals surface area contributed by atoms with E-state index in [1.165, 1.54) is 0 Å². The fourth-order valence-electron chi connectivity index (χ4n) is 2.75. The molecule has 3 N–H and O–H groups in total. The Kier molecular flexibility index (Phi) is 4.69. The minimum Gasteiger partial charge on any atom is -0.374 e. The van der Waals surface area contributed by atoms with Crippen LogP contribution in [0.5, 0.6) is 0 Å². The smallest absolute Gasteiger partial charge is 0.319 e. The van der Waals surface area contributed by atoms with Crippen molar-refractivity contribution in [3.05, 3.63) is 24.3 Å². The number of nitrogens with one attached hydrogen (secondary N) is 3. The number of carbonyl (C=O) groups is 2. The Morgan fingerprint density at radius 1 is 1.09 bits per heavy atom. The van der Waals surface area contributed by atoms with E-state index in [1.54, 1.807) is 0 Å². The Labute approximate surface area is 136 Å². The highest BCUT2D eigenvalue weighted by Crippen LogP contribution is 2.19. The van der Waals surface area contributed by atoms with Crippen LogP contribution in [0, 0.1) is 0 Å². The second kappa shape index (κ2) is 6.89. The van der Waals surface area contributed by atoms with Gasteiger partial charge in [-0.3, -0.25) is 4.79 Å². The molecule has 1 saturated carbocycles. The number of benzene rings is 1. The number of likely N-dealkylation sites (tertiary alicyclic amines) is 1. The monoisotopic (exact) mass is 316 g/mol. The van der Waals surface area contributed by atoms with Gasteiger partial charge in [0.25, 0.3) is 0 Å². The van der Waals surface area contributed by atoms with Crippen LogP contribution in [0.4, 0.5) is 16.2 Å². The molecule has 1 aliphatic heterocycles. The van der Waals surface area contributed by atoms with Crippen LogP contribution in [-0.4, -0.2) is 42.0 Å². The van der Waals surface area contributed by atoms with E-state index in [2.05, 4.69) is 16.0 Å². The van der Waals surface area contributed by atoms with Gasteiger partial charge in [-0.05, 0) is 56.9 Å². The Hall–Kier alpha value is -2.24. The van der Waals surface area contributed by atoms with E-state index in [0.717, 1.165) is 50.1 Å². The maximum absolute atomic E-state index is 12.3. The number of hydrogen-bond acceptors (Lipinski definition) is 3. The van der Waals surface area contributed by atoms with Gasteiger partial charge in [-0.25, -0.2) is 4.79 Å². The molecule has 6 nitrogen and oxygen atoms in total. The first-order valence-electron chi connectivity index (χ1n) is 8.35. The average Bonchev–Trinajstić information content (AvgIpc) is 3.17. The third-order valence-electron chi connectivity index (χ3n) is 4.23. The molecule has 1 unspecified atom stereocenters. The lowest BCUT2D eigenvalue weighted by atomic mass is 10.2. The summed E-state index contributed by atoms with van der Waals surface area (Å²) in [7, 11) is 0. The van der Waals surface area contributed by atoms with E-state index in [9.17, 15) is 9.59 Å². The lowest BCUT2D eigenvalue weighted by molar-refractivity contribution is -0.130. The van der Waals surface area contributed by atoms with Gasteiger partial charge in [-0.15, -0.1) is 0 Å². The van der Waals surface area contributed by atoms with Gasteiger partial charge in [-0.2, -0.15) is 0 Å². The number of nitrogens with zero attached hydrogens (tertiary/aromatic N) is 1. The molecular formula is C17H24N4O2. The molecule has 3 amide bonds. The van der Waals surface area contributed by atoms with Crippen molar-refractivity contribution in [3.8, 4) is 0 Å². The van der Waals surface area contributed by atoms with Crippen LogP contribution in [0.1, 0.15) is 32.6 Å². The van der Waals surface area contributed by atoms with E-state index in [-0.39, 0.29) is 18.0 Å². The van der Waals surface area contributed by atoms with Crippen LogP contribution in [0.3, 0.4) is 0 Å². The molecule has 0 radical (unpaired) electrons. The summed E-state index contributed by atoms with van der Waals surface area (Å²) in [5, 5.41) is 8.91. The molecule has 0 bridgehead atoms. The van der Waals surface area contributed by atoms with Gasteiger partial charge >= 0.3 is 6.03 Å². The van der Waals surface area contributed by atoms with Crippen molar-refractivity contribution in [3.63, 3.8) is 0 Å². The lowest BCUT2D eigenvalue weighted by Crippen LogP contribution is -2.39. The van der Waals surface area contributed by atoms with Crippen LogP contribution < -0.4 is 16.0 Å². The second-order valence-corrected chi connectivity index (χ2v) is 6.35. The minimum absolute atomic E-state index is 0.147. The summed E-state index contributed by atoms with van der Waals surface area (Å²) in [5.41, 5.74) is 1.62. The van der Waals surface area contributed by atoms with Gasteiger partial charge in [0.1, 0.15) is 6.04 Å². The average molecular weight is 316 g/mol. The van der Waals surface area contributed by atoms with Crippen molar-refractivity contribution in [2.24, 2.45) is 0 Å². The van der Waals surface area contributed by atoms with Gasteiger partial charge in [-0.1, -0.05) is 0 Å². The standard InChI is InChI=1S/C17H24N4O2/c1-12(16(22)21-10-2-3-11-21)18-13-4-6-14(7-5-13)19-17(23)20-15-8-9-15/h4-7,12,15,18H,2-3,8-11H2,1H3,(H2,19,20,23). The first kappa shape index (κ1) is 15.6. The molecule has 1 saturated heterocycles. The van der Waals surface area contributed by atoms with Gasteiger partial charge in [0.2, 0.25) is 5.91 Å². The summed E-state index contributed by atoms with van der Waals surface area (Å²) in [6.07, 6.45) is 4.34. The summed E-state index contributed by atoms with van der Waals surface area (Å²) in [5.74, 6) is 0.147. The Morgan fingerprint density at radius 2 is 1.70 bits per heavy atom. The summed E-state index contributed by atoms with van der Waals surface area (Å²) >= 11 is 0. The quantitative estimate of drug-likeness (QED) is 0.781. The first-order chi connectivity index (χ1) is 11.1. The van der Waals surface area contributed by atoms with E-state index < -0.39 is 0 Å². The molecule has 0 spiro atoms. The van der Waals surface area contributed by atoms with Crippen molar-refractivity contribution >= 4 is 23.3 Å². The van der Waals surface area contributed by atoms with Crippen molar-refractivity contribution < 1.29 is 9.59 Å². The third-order valence-corrected chi connectivity index (χ3v) is 4.23. The molecule has 6 heteroatoms. The van der Waals surface area contributed by atoms with E-state index in [0.29, 0.717) is 6.04 Å². The van der Waals surface area contributed by atoms with E-state index >= 15 is 0 Å². The van der Waals surface area contributed by atoms with Crippen LogP contribution in [-0.2, 0) is 4.79 Å². The summed E-state index contributed by atoms with van der Waals surface area (Å²) in [6.45, 7) is 3.61. The van der Waals surface area contributed by atoms with Crippen molar-refractivity contribution in [1.82, 2.24) is 10.2 Å². The minimum atomic E-state index is -0.245. The van der Waals surface area contributed by atoms with Crippen molar-refractivity contribution in [2.45, 2.75) is 44.7 Å². The molecular weight excluding hydrogens is 292 g/mol. The molecule has 1 heterocycles. The normalized spacial score (nSPS) is 18.4. The molecule has 23 heavy (non-hydrogen) atoms. The topological polar surface area (TPSA) is 73.5 Å². The summed E-state index contributed by atoms with van der Waals surface area (Å²) in [4.78, 5) is 25.9. The summed E-state index contributed by atoms with van der Waals surface area (Å²) in [6, 6.07) is 7.36. The Morgan fingerprint density at radius 3 is 2.30 bits per heavy atom. The number of hydrogen-bond donors (Lipinski definition) is 3. The zero-order valence-corrected chi connectivity index (χ0v) is 13.5.